The highest BCUT2D eigenvalue weighted by Crippen LogP contribution is 2.27. The van der Waals surface area contributed by atoms with E-state index in [0.717, 1.165) is 0 Å². The van der Waals surface area contributed by atoms with Crippen molar-refractivity contribution in [3.63, 3.8) is 0 Å². The summed E-state index contributed by atoms with van der Waals surface area (Å²) in [6, 6.07) is 6.96. The third kappa shape index (κ3) is 3.12. The van der Waals surface area contributed by atoms with Gasteiger partial charge in [0, 0.05) is 17.6 Å². The lowest BCUT2D eigenvalue weighted by molar-refractivity contribution is -0.313. The molecule has 0 saturated heterocycles. The fourth-order valence-corrected chi connectivity index (χ4v) is 2.36. The number of allylic oxidation sites excluding steroid dienone is 2. The zero-order chi connectivity index (χ0) is 13.8. The van der Waals surface area contributed by atoms with Crippen LogP contribution in [0.5, 0.6) is 0 Å². The summed E-state index contributed by atoms with van der Waals surface area (Å²) >= 11 is 5.10. The average Bonchev–Trinajstić information content (AvgIpc) is 2.41. The van der Waals surface area contributed by atoms with E-state index < -0.39 is 17.8 Å². The summed E-state index contributed by atoms with van der Waals surface area (Å²) in [5.74, 6) is -2.89. The Bertz CT molecular complexity index is 527. The van der Waals surface area contributed by atoms with E-state index in [9.17, 15) is 14.7 Å². The van der Waals surface area contributed by atoms with E-state index in [0.29, 0.717) is 23.4 Å². The Morgan fingerprint density at radius 3 is 2.42 bits per heavy atom. The summed E-state index contributed by atoms with van der Waals surface area (Å²) < 4.78 is 0. The van der Waals surface area contributed by atoms with Crippen LogP contribution in [0.4, 0.5) is 5.69 Å². The minimum atomic E-state index is -1.18. The SMILES string of the molecule is O=C([O-])[C@H]1CC=CC[C@@H]1C(=O)Nc1ccccc1[S-]. The standard InChI is InChI=1S/C14H15NO3S/c16-13(15-11-7-3-4-8-12(11)19)9-5-1-2-6-10(9)14(17)18/h1-4,7-10,19H,5-6H2,(H,15,16)(H,17,18)/p-2/t9-,10-/m0/s1. The van der Waals surface area contributed by atoms with Crippen molar-refractivity contribution >= 4 is 30.2 Å². The summed E-state index contributed by atoms with van der Waals surface area (Å²) in [7, 11) is 0. The highest BCUT2D eigenvalue weighted by atomic mass is 32.1. The minimum absolute atomic E-state index is 0.323. The quantitative estimate of drug-likeness (QED) is 0.656. The summed E-state index contributed by atoms with van der Waals surface area (Å²) in [4.78, 5) is 23.7. The van der Waals surface area contributed by atoms with Crippen LogP contribution in [0.3, 0.4) is 0 Å². The molecule has 0 radical (unpaired) electrons. The van der Waals surface area contributed by atoms with Gasteiger partial charge in [-0.1, -0.05) is 30.4 Å². The number of carbonyl (C=O) groups excluding carboxylic acids is 2. The molecule has 1 aromatic carbocycles. The molecule has 0 saturated carbocycles. The van der Waals surface area contributed by atoms with Crippen molar-refractivity contribution < 1.29 is 14.7 Å². The summed E-state index contributed by atoms with van der Waals surface area (Å²) in [5.41, 5.74) is 0.536. The van der Waals surface area contributed by atoms with Gasteiger partial charge in [0.05, 0.1) is 5.92 Å². The largest absolute Gasteiger partial charge is 0.778 e. The van der Waals surface area contributed by atoms with Crippen molar-refractivity contribution in [2.24, 2.45) is 11.8 Å². The number of rotatable bonds is 3. The third-order valence-electron chi connectivity index (χ3n) is 3.22. The molecule has 4 nitrogen and oxygen atoms in total. The number of amides is 1. The van der Waals surface area contributed by atoms with Gasteiger partial charge < -0.3 is 27.8 Å². The van der Waals surface area contributed by atoms with Gasteiger partial charge in [0.25, 0.3) is 0 Å². The molecule has 0 aromatic heterocycles. The smallest absolute Gasteiger partial charge is 0.228 e. The number of aliphatic carboxylic acids is 1. The van der Waals surface area contributed by atoms with Crippen molar-refractivity contribution in [1.29, 1.82) is 0 Å². The number of carbonyl (C=O) groups is 2. The van der Waals surface area contributed by atoms with Crippen molar-refractivity contribution in [1.82, 2.24) is 0 Å². The van der Waals surface area contributed by atoms with Gasteiger partial charge >= 0.3 is 0 Å². The Morgan fingerprint density at radius 1 is 1.16 bits per heavy atom. The van der Waals surface area contributed by atoms with Crippen LogP contribution in [-0.4, -0.2) is 11.9 Å². The molecule has 0 fully saturated rings. The summed E-state index contributed by atoms with van der Waals surface area (Å²) in [6.07, 6.45) is 4.33. The van der Waals surface area contributed by atoms with Gasteiger partial charge in [0.1, 0.15) is 0 Å². The molecule has 1 aliphatic rings. The predicted octanol–water partition coefficient (Wildman–Crippen LogP) is 0.863. The van der Waals surface area contributed by atoms with E-state index in [1.165, 1.54) is 0 Å². The highest BCUT2D eigenvalue weighted by molar-refractivity contribution is 7.59. The van der Waals surface area contributed by atoms with Crippen LogP contribution < -0.4 is 10.4 Å². The zero-order valence-electron chi connectivity index (χ0n) is 10.2. The Balaban J connectivity index is 2.13. The maximum Gasteiger partial charge on any atom is 0.228 e. The Morgan fingerprint density at radius 2 is 1.79 bits per heavy atom. The number of carboxylic acids is 1. The van der Waals surface area contributed by atoms with E-state index in [-0.39, 0.29) is 5.91 Å². The van der Waals surface area contributed by atoms with Crippen LogP contribution in [0.2, 0.25) is 0 Å². The number of nitrogens with one attached hydrogen (secondary N) is 1. The lowest BCUT2D eigenvalue weighted by Gasteiger charge is -2.28. The molecule has 1 aliphatic carbocycles. The predicted molar refractivity (Wildman–Crippen MR) is 71.1 cm³/mol. The zero-order valence-corrected chi connectivity index (χ0v) is 11.0. The van der Waals surface area contributed by atoms with Gasteiger partial charge in [-0.2, -0.15) is 4.90 Å². The monoisotopic (exact) mass is 275 g/mol. The van der Waals surface area contributed by atoms with Crippen LogP contribution in [0, 0.1) is 11.8 Å². The van der Waals surface area contributed by atoms with Gasteiger partial charge in [-0.3, -0.25) is 4.79 Å². The molecule has 0 heterocycles. The van der Waals surface area contributed by atoms with Crippen molar-refractivity contribution in [3.05, 3.63) is 36.4 Å². The first-order valence-corrected chi connectivity index (χ1v) is 6.43. The number of hydrogen-bond donors (Lipinski definition) is 1. The molecule has 0 unspecified atom stereocenters. The average molecular weight is 275 g/mol. The molecule has 1 aromatic rings. The topological polar surface area (TPSA) is 69.2 Å². The van der Waals surface area contributed by atoms with Gasteiger partial charge in [-0.05, 0) is 18.9 Å². The van der Waals surface area contributed by atoms with Crippen LogP contribution in [0.15, 0.2) is 41.3 Å². The van der Waals surface area contributed by atoms with Gasteiger partial charge in [-0.25, -0.2) is 0 Å². The second-order valence-electron chi connectivity index (χ2n) is 4.46. The molecule has 100 valence electrons. The maximum absolute atomic E-state index is 12.2. The van der Waals surface area contributed by atoms with E-state index in [4.69, 9.17) is 12.6 Å². The molecule has 19 heavy (non-hydrogen) atoms. The van der Waals surface area contributed by atoms with E-state index in [2.05, 4.69) is 5.32 Å². The second-order valence-corrected chi connectivity index (χ2v) is 4.90. The lowest BCUT2D eigenvalue weighted by atomic mass is 9.82. The summed E-state index contributed by atoms with van der Waals surface area (Å²) in [5, 5.41) is 13.7. The minimum Gasteiger partial charge on any atom is -0.778 e. The van der Waals surface area contributed by atoms with Gasteiger partial charge in [-0.15, -0.1) is 0 Å². The van der Waals surface area contributed by atoms with Crippen LogP contribution in [-0.2, 0) is 22.2 Å². The van der Waals surface area contributed by atoms with E-state index in [1.807, 2.05) is 6.08 Å². The Kier molecular flexibility index (Phi) is 4.16. The molecule has 0 aliphatic heterocycles. The molecular formula is C14H13NO3S-2. The van der Waals surface area contributed by atoms with Crippen molar-refractivity contribution in [2.75, 3.05) is 5.32 Å². The Hall–Kier alpha value is -1.88. The molecule has 5 heteroatoms. The first kappa shape index (κ1) is 13.5. The molecular weight excluding hydrogens is 262 g/mol. The van der Waals surface area contributed by atoms with E-state index in [1.54, 1.807) is 30.3 Å². The van der Waals surface area contributed by atoms with Crippen molar-refractivity contribution in [2.45, 2.75) is 17.7 Å². The Labute approximate surface area is 116 Å². The number of carboxylic acid groups (broad SMARTS) is 1. The second kappa shape index (κ2) is 5.84. The van der Waals surface area contributed by atoms with Gasteiger partial charge in [0.2, 0.25) is 5.91 Å². The van der Waals surface area contributed by atoms with Crippen LogP contribution in [0.25, 0.3) is 0 Å². The summed E-state index contributed by atoms with van der Waals surface area (Å²) in [6.45, 7) is 0. The number of benzene rings is 1. The molecule has 1 amide bonds. The fourth-order valence-electron chi connectivity index (χ4n) is 2.16. The van der Waals surface area contributed by atoms with Crippen LogP contribution in [0.1, 0.15) is 12.8 Å². The normalized spacial score (nSPS) is 21.9. The lowest BCUT2D eigenvalue weighted by Crippen LogP contribution is -2.41. The first-order chi connectivity index (χ1) is 9.09. The molecule has 2 atom stereocenters. The molecule has 1 N–H and O–H groups in total. The molecule has 0 spiro atoms. The van der Waals surface area contributed by atoms with Crippen molar-refractivity contribution in [3.8, 4) is 0 Å². The van der Waals surface area contributed by atoms with Crippen LogP contribution >= 0.6 is 0 Å². The van der Waals surface area contributed by atoms with E-state index >= 15 is 0 Å². The van der Waals surface area contributed by atoms with Gasteiger partial charge in [0.15, 0.2) is 0 Å². The number of anilines is 1. The third-order valence-corrected chi connectivity index (χ3v) is 3.57. The molecule has 0 bridgehead atoms. The fraction of sp³-hybridized carbons (Fsp3) is 0.286. The maximum atomic E-state index is 12.2. The highest BCUT2D eigenvalue weighted by Gasteiger charge is 2.29. The number of hydrogen-bond acceptors (Lipinski definition) is 4. The number of para-hydroxylation sites is 1. The first-order valence-electron chi connectivity index (χ1n) is 6.02. The molecule has 2 rings (SSSR count).